The zero-order valence-electron chi connectivity index (χ0n) is 8.74. The summed E-state index contributed by atoms with van der Waals surface area (Å²) in [5.41, 5.74) is 1.61. The molecule has 0 atom stereocenters. The van der Waals surface area contributed by atoms with Crippen LogP contribution in [0.15, 0.2) is 24.3 Å². The summed E-state index contributed by atoms with van der Waals surface area (Å²) in [6, 6.07) is 7.20. The molecule has 3 nitrogen and oxygen atoms in total. The summed E-state index contributed by atoms with van der Waals surface area (Å²) in [6.45, 7) is 1.46. The lowest BCUT2D eigenvalue weighted by Gasteiger charge is -2.02. The Labute approximate surface area is 93.3 Å². The molecule has 0 aliphatic rings. The maximum Gasteiger partial charge on any atom is 0.186 e. The second-order valence-corrected chi connectivity index (χ2v) is 4.18. The Morgan fingerprint density at radius 2 is 1.87 bits per heavy atom. The van der Waals surface area contributed by atoms with Gasteiger partial charge >= 0.3 is 0 Å². The van der Waals surface area contributed by atoms with Gasteiger partial charge in [0.15, 0.2) is 10.9 Å². The first kappa shape index (κ1) is 11.8. The van der Waals surface area contributed by atoms with Crippen LogP contribution in [-0.2, 0) is 4.79 Å². The molecule has 1 aromatic rings. The summed E-state index contributed by atoms with van der Waals surface area (Å²) in [5.74, 6) is 0.201. The van der Waals surface area contributed by atoms with Gasteiger partial charge in [-0.15, -0.1) is 0 Å². The van der Waals surface area contributed by atoms with E-state index in [0.717, 1.165) is 17.4 Å². The minimum atomic E-state index is -0.0322. The Kier molecular flexibility index (Phi) is 4.37. The van der Waals surface area contributed by atoms with Crippen molar-refractivity contribution in [3.8, 4) is 0 Å². The van der Waals surface area contributed by atoms with Crippen LogP contribution in [0.4, 0.5) is 5.69 Å². The van der Waals surface area contributed by atoms with E-state index in [1.54, 1.807) is 12.1 Å². The van der Waals surface area contributed by atoms with Gasteiger partial charge in [-0.05, 0) is 24.3 Å². The number of carbonyl (C=O) groups excluding carboxylic acids is 2. The van der Waals surface area contributed by atoms with Crippen LogP contribution in [0.2, 0.25) is 0 Å². The third-order valence-electron chi connectivity index (χ3n) is 1.90. The lowest BCUT2D eigenvalue weighted by atomic mass is 10.1. The van der Waals surface area contributed by atoms with E-state index in [2.05, 4.69) is 5.32 Å². The largest absolute Gasteiger partial charge is 0.388 e. The average molecular weight is 223 g/mol. The molecule has 0 spiro atoms. The van der Waals surface area contributed by atoms with Crippen molar-refractivity contribution in [1.29, 1.82) is 0 Å². The van der Waals surface area contributed by atoms with E-state index in [4.69, 9.17) is 0 Å². The number of Topliss-reactive ketones (excluding diaryl/α,β-unsaturated/α-hetero) is 1. The minimum Gasteiger partial charge on any atom is -0.388 e. The van der Waals surface area contributed by atoms with E-state index >= 15 is 0 Å². The van der Waals surface area contributed by atoms with E-state index in [1.165, 1.54) is 6.92 Å². The Morgan fingerprint density at radius 1 is 1.27 bits per heavy atom. The first-order valence-corrected chi connectivity index (χ1v) is 5.56. The van der Waals surface area contributed by atoms with Crippen LogP contribution in [0, 0.1) is 0 Å². The lowest BCUT2D eigenvalue weighted by Crippen LogP contribution is -2.04. The molecule has 0 saturated carbocycles. The number of carbonyl (C=O) groups is 2. The van der Waals surface area contributed by atoms with Crippen molar-refractivity contribution in [2.24, 2.45) is 0 Å². The first-order valence-electron chi connectivity index (χ1n) is 4.58. The van der Waals surface area contributed by atoms with Gasteiger partial charge in [-0.1, -0.05) is 11.8 Å². The molecule has 1 N–H and O–H groups in total. The number of nitrogens with one attached hydrogen (secondary N) is 1. The monoisotopic (exact) mass is 223 g/mol. The number of thioether (sulfide) groups is 1. The maximum atomic E-state index is 11.6. The van der Waals surface area contributed by atoms with Crippen LogP contribution in [0.1, 0.15) is 17.3 Å². The predicted octanol–water partition coefficient (Wildman–Crippen LogP) is 2.19. The Hall–Kier alpha value is -1.29. The van der Waals surface area contributed by atoms with Crippen LogP contribution in [0.3, 0.4) is 0 Å². The molecule has 0 unspecified atom stereocenters. The third kappa shape index (κ3) is 3.75. The molecule has 1 rings (SSSR count). The molecule has 1 aromatic carbocycles. The molecule has 80 valence electrons. The van der Waals surface area contributed by atoms with Crippen molar-refractivity contribution in [2.45, 2.75) is 6.92 Å². The van der Waals surface area contributed by atoms with E-state index in [-0.39, 0.29) is 16.7 Å². The van der Waals surface area contributed by atoms with E-state index < -0.39 is 0 Å². The van der Waals surface area contributed by atoms with Crippen molar-refractivity contribution < 1.29 is 9.59 Å². The van der Waals surface area contributed by atoms with Gasteiger partial charge in [-0.25, -0.2) is 0 Å². The van der Waals surface area contributed by atoms with Crippen molar-refractivity contribution in [1.82, 2.24) is 0 Å². The van der Waals surface area contributed by atoms with E-state index in [9.17, 15) is 9.59 Å². The highest BCUT2D eigenvalue weighted by molar-refractivity contribution is 8.14. The number of rotatable bonds is 4. The molecule has 15 heavy (non-hydrogen) atoms. The second-order valence-electron chi connectivity index (χ2n) is 3.03. The summed E-state index contributed by atoms with van der Waals surface area (Å²) >= 11 is 1.04. The number of hydrogen-bond acceptors (Lipinski definition) is 4. The predicted molar refractivity (Wildman–Crippen MR) is 63.5 cm³/mol. The Morgan fingerprint density at radius 3 is 2.33 bits per heavy atom. The molecule has 0 saturated heterocycles. The van der Waals surface area contributed by atoms with Gasteiger partial charge in [-0.3, -0.25) is 9.59 Å². The van der Waals surface area contributed by atoms with Gasteiger partial charge in [0, 0.05) is 25.2 Å². The van der Waals surface area contributed by atoms with Crippen LogP contribution in [0.5, 0.6) is 0 Å². The van der Waals surface area contributed by atoms with Crippen LogP contribution in [-0.4, -0.2) is 23.7 Å². The summed E-state index contributed by atoms with van der Waals surface area (Å²) in [4.78, 5) is 22.2. The van der Waals surface area contributed by atoms with Crippen molar-refractivity contribution in [3.63, 3.8) is 0 Å². The van der Waals surface area contributed by atoms with E-state index in [1.807, 2.05) is 19.2 Å². The van der Waals surface area contributed by atoms with Gasteiger partial charge in [0.2, 0.25) is 0 Å². The zero-order chi connectivity index (χ0) is 11.3. The number of anilines is 1. The molecule has 0 bridgehead atoms. The smallest absolute Gasteiger partial charge is 0.186 e. The maximum absolute atomic E-state index is 11.6. The SMILES string of the molecule is CNc1ccc(C(=O)CSC(C)=O)cc1. The van der Waals surface area contributed by atoms with Gasteiger partial charge < -0.3 is 5.32 Å². The topological polar surface area (TPSA) is 46.2 Å². The highest BCUT2D eigenvalue weighted by Crippen LogP contribution is 2.11. The summed E-state index contributed by atoms with van der Waals surface area (Å²) < 4.78 is 0. The highest BCUT2D eigenvalue weighted by Gasteiger charge is 2.06. The molecular weight excluding hydrogens is 210 g/mol. The van der Waals surface area contributed by atoms with E-state index in [0.29, 0.717) is 5.56 Å². The lowest BCUT2D eigenvalue weighted by molar-refractivity contribution is -0.109. The summed E-state index contributed by atoms with van der Waals surface area (Å²) in [7, 11) is 1.82. The molecule has 0 radical (unpaired) electrons. The van der Waals surface area contributed by atoms with Gasteiger partial charge in [-0.2, -0.15) is 0 Å². The van der Waals surface area contributed by atoms with Gasteiger partial charge in [0.25, 0.3) is 0 Å². The standard InChI is InChI=1S/C11H13NO2S/c1-8(13)15-7-11(14)9-3-5-10(12-2)6-4-9/h3-6,12H,7H2,1-2H3. The van der Waals surface area contributed by atoms with Crippen molar-refractivity contribution in [3.05, 3.63) is 29.8 Å². The molecule has 0 aliphatic carbocycles. The molecule has 0 amide bonds. The molecule has 0 fully saturated rings. The van der Waals surface area contributed by atoms with Crippen molar-refractivity contribution >= 4 is 28.3 Å². The second kappa shape index (κ2) is 5.56. The van der Waals surface area contributed by atoms with Crippen LogP contribution in [0.25, 0.3) is 0 Å². The summed E-state index contributed by atoms with van der Waals surface area (Å²) in [5, 5.41) is 2.94. The molecule has 0 aromatic heterocycles. The fourth-order valence-corrected chi connectivity index (χ4v) is 1.57. The molecule has 0 heterocycles. The number of benzene rings is 1. The van der Waals surface area contributed by atoms with Gasteiger partial charge in [0.05, 0.1) is 5.75 Å². The quantitative estimate of drug-likeness (QED) is 0.795. The van der Waals surface area contributed by atoms with Crippen LogP contribution < -0.4 is 5.32 Å². The molecule has 4 heteroatoms. The van der Waals surface area contributed by atoms with Crippen molar-refractivity contribution in [2.75, 3.05) is 18.1 Å². The fourth-order valence-electron chi connectivity index (χ4n) is 1.07. The number of hydrogen-bond donors (Lipinski definition) is 1. The minimum absolute atomic E-state index is 0.0159. The van der Waals surface area contributed by atoms with Gasteiger partial charge in [0.1, 0.15) is 0 Å². The highest BCUT2D eigenvalue weighted by atomic mass is 32.2. The fraction of sp³-hybridized carbons (Fsp3) is 0.273. The normalized spacial score (nSPS) is 9.73. The summed E-state index contributed by atoms with van der Waals surface area (Å²) in [6.07, 6.45) is 0. The first-order chi connectivity index (χ1) is 7.13. The molecular formula is C11H13NO2S. The number of ketones is 1. The van der Waals surface area contributed by atoms with Crippen LogP contribution >= 0.6 is 11.8 Å². The average Bonchev–Trinajstić information content (AvgIpc) is 2.26. The Bertz CT molecular complexity index is 359. The molecule has 0 aliphatic heterocycles. The third-order valence-corrected chi connectivity index (χ3v) is 2.72. The zero-order valence-corrected chi connectivity index (χ0v) is 9.56. The Balaban J connectivity index is 2.62.